The first-order valence-electron chi connectivity index (χ1n) is 5.90. The van der Waals surface area contributed by atoms with Crippen molar-refractivity contribution in [3.05, 3.63) is 35.7 Å². The Kier molecular flexibility index (Phi) is 4.44. The monoisotopic (exact) mass is 261 g/mol. The maximum absolute atomic E-state index is 11.8. The zero-order valence-electron chi connectivity index (χ0n) is 10.6. The second kappa shape index (κ2) is 6.48. The van der Waals surface area contributed by atoms with Gasteiger partial charge in [-0.15, -0.1) is 10.2 Å². The van der Waals surface area contributed by atoms with Gasteiger partial charge in [-0.05, 0) is 6.07 Å². The molecule has 0 bridgehead atoms. The summed E-state index contributed by atoms with van der Waals surface area (Å²) in [6.45, 7) is 0.480. The number of rotatable bonds is 6. The number of hydrogen-bond donors (Lipinski definition) is 2. The van der Waals surface area contributed by atoms with E-state index < -0.39 is 0 Å². The van der Waals surface area contributed by atoms with Crippen LogP contribution in [0.4, 0.5) is 0 Å². The topological polar surface area (TPSA) is 92.8 Å². The van der Waals surface area contributed by atoms with Crippen molar-refractivity contribution in [3.63, 3.8) is 0 Å². The summed E-state index contributed by atoms with van der Waals surface area (Å²) in [6.07, 6.45) is 0.838. The lowest BCUT2D eigenvalue weighted by molar-refractivity contribution is -0.120. The lowest BCUT2D eigenvalue weighted by atomic mass is 10.1. The molecular weight excluding hydrogens is 246 g/mol. The van der Waals surface area contributed by atoms with Gasteiger partial charge in [0.15, 0.2) is 5.82 Å². The van der Waals surface area contributed by atoms with Crippen LogP contribution in [0.1, 0.15) is 11.4 Å². The van der Waals surface area contributed by atoms with E-state index in [-0.39, 0.29) is 12.3 Å². The highest BCUT2D eigenvalue weighted by atomic mass is 16.5. The molecule has 1 aromatic heterocycles. The Morgan fingerprint density at radius 1 is 1.42 bits per heavy atom. The molecule has 1 amide bonds. The minimum Gasteiger partial charge on any atom is -0.496 e. The summed E-state index contributed by atoms with van der Waals surface area (Å²) in [5, 5.41) is 16.2. The Morgan fingerprint density at radius 3 is 3.00 bits per heavy atom. The van der Waals surface area contributed by atoms with Crippen LogP contribution >= 0.6 is 0 Å². The number of amides is 1. The Balaban J connectivity index is 1.80. The Labute approximate surface area is 110 Å². The smallest absolute Gasteiger partial charge is 0.224 e. The molecular formula is C12H15N5O2. The summed E-state index contributed by atoms with van der Waals surface area (Å²) in [4.78, 5) is 11.8. The molecule has 100 valence electrons. The van der Waals surface area contributed by atoms with E-state index in [9.17, 15) is 4.79 Å². The van der Waals surface area contributed by atoms with Gasteiger partial charge in [0.1, 0.15) is 5.75 Å². The molecule has 7 nitrogen and oxygen atoms in total. The highest BCUT2D eigenvalue weighted by Crippen LogP contribution is 2.17. The summed E-state index contributed by atoms with van der Waals surface area (Å²) in [6, 6.07) is 7.46. The van der Waals surface area contributed by atoms with Gasteiger partial charge in [-0.25, -0.2) is 0 Å². The fourth-order valence-electron chi connectivity index (χ4n) is 1.69. The molecule has 0 aliphatic heterocycles. The summed E-state index contributed by atoms with van der Waals surface area (Å²) in [5.41, 5.74) is 0.863. The van der Waals surface area contributed by atoms with Crippen LogP contribution in [0, 0.1) is 0 Å². The molecule has 1 heterocycles. The van der Waals surface area contributed by atoms with Gasteiger partial charge in [-0.3, -0.25) is 4.79 Å². The molecule has 19 heavy (non-hydrogen) atoms. The fourth-order valence-corrected chi connectivity index (χ4v) is 1.69. The number of nitrogens with one attached hydrogen (secondary N) is 2. The molecule has 2 N–H and O–H groups in total. The Hall–Kier alpha value is -2.44. The van der Waals surface area contributed by atoms with Crippen LogP contribution in [0.3, 0.4) is 0 Å². The SMILES string of the molecule is COc1ccccc1CC(=O)NCCc1nn[nH]n1. The zero-order valence-corrected chi connectivity index (χ0v) is 10.6. The highest BCUT2D eigenvalue weighted by Gasteiger charge is 2.08. The summed E-state index contributed by atoms with van der Waals surface area (Å²) in [7, 11) is 1.59. The predicted molar refractivity (Wildman–Crippen MR) is 67.6 cm³/mol. The third-order valence-electron chi connectivity index (χ3n) is 2.60. The number of para-hydroxylation sites is 1. The van der Waals surface area contributed by atoms with E-state index >= 15 is 0 Å². The summed E-state index contributed by atoms with van der Waals surface area (Å²) in [5.74, 6) is 1.24. The molecule has 0 fully saturated rings. The molecule has 0 aliphatic rings. The van der Waals surface area contributed by atoms with E-state index in [1.165, 1.54) is 0 Å². The normalized spacial score (nSPS) is 10.2. The molecule has 1 aromatic carbocycles. The van der Waals surface area contributed by atoms with Crippen molar-refractivity contribution in [3.8, 4) is 5.75 Å². The van der Waals surface area contributed by atoms with E-state index in [1.807, 2.05) is 24.3 Å². The largest absolute Gasteiger partial charge is 0.496 e. The van der Waals surface area contributed by atoms with Gasteiger partial charge in [0.25, 0.3) is 0 Å². The number of benzene rings is 1. The van der Waals surface area contributed by atoms with Crippen molar-refractivity contribution in [2.24, 2.45) is 0 Å². The number of ether oxygens (including phenoxy) is 1. The number of aromatic amines is 1. The molecule has 0 aliphatic carbocycles. The maximum Gasteiger partial charge on any atom is 0.224 e. The highest BCUT2D eigenvalue weighted by molar-refractivity contribution is 5.79. The lowest BCUT2D eigenvalue weighted by Crippen LogP contribution is -2.27. The van der Waals surface area contributed by atoms with Gasteiger partial charge < -0.3 is 10.1 Å². The second-order valence-corrected chi connectivity index (χ2v) is 3.92. The van der Waals surface area contributed by atoms with Crippen molar-refractivity contribution in [1.82, 2.24) is 25.9 Å². The Morgan fingerprint density at radius 2 is 2.26 bits per heavy atom. The van der Waals surface area contributed by atoms with Crippen molar-refractivity contribution in [2.75, 3.05) is 13.7 Å². The van der Waals surface area contributed by atoms with Gasteiger partial charge >= 0.3 is 0 Å². The molecule has 2 aromatic rings. The van der Waals surface area contributed by atoms with Crippen LogP contribution in [-0.2, 0) is 17.6 Å². The minimum atomic E-state index is -0.0620. The first-order valence-corrected chi connectivity index (χ1v) is 5.90. The number of carbonyl (C=O) groups is 1. The van der Waals surface area contributed by atoms with Crippen molar-refractivity contribution < 1.29 is 9.53 Å². The number of nitrogens with zero attached hydrogens (tertiary/aromatic N) is 3. The average molecular weight is 261 g/mol. The third kappa shape index (κ3) is 3.77. The molecule has 0 unspecified atom stereocenters. The average Bonchev–Trinajstić information content (AvgIpc) is 2.92. The summed E-state index contributed by atoms with van der Waals surface area (Å²) >= 11 is 0. The number of hydrogen-bond acceptors (Lipinski definition) is 5. The second-order valence-electron chi connectivity index (χ2n) is 3.92. The molecule has 0 saturated heterocycles. The predicted octanol–water partition coefficient (Wildman–Crippen LogP) is 0.110. The van der Waals surface area contributed by atoms with E-state index in [0.717, 1.165) is 11.3 Å². The molecule has 0 saturated carbocycles. The van der Waals surface area contributed by atoms with E-state index in [0.29, 0.717) is 18.8 Å². The zero-order chi connectivity index (χ0) is 13.5. The first-order chi connectivity index (χ1) is 9.29. The van der Waals surface area contributed by atoms with Crippen LogP contribution < -0.4 is 10.1 Å². The lowest BCUT2D eigenvalue weighted by Gasteiger charge is -2.08. The minimum absolute atomic E-state index is 0.0620. The van der Waals surface area contributed by atoms with Crippen LogP contribution in [0.5, 0.6) is 5.75 Å². The number of H-pyrrole nitrogens is 1. The standard InChI is InChI=1S/C12H15N5O2/c1-19-10-5-3-2-4-9(10)8-12(18)13-7-6-11-14-16-17-15-11/h2-5H,6-8H2,1H3,(H,13,18)(H,14,15,16,17). The van der Waals surface area contributed by atoms with Crippen LogP contribution in [0.2, 0.25) is 0 Å². The Bertz CT molecular complexity index is 527. The third-order valence-corrected chi connectivity index (χ3v) is 2.60. The van der Waals surface area contributed by atoms with E-state index in [4.69, 9.17) is 4.74 Å². The number of tetrazole rings is 1. The van der Waals surface area contributed by atoms with Gasteiger partial charge in [0.05, 0.1) is 13.5 Å². The van der Waals surface area contributed by atoms with Crippen molar-refractivity contribution in [1.29, 1.82) is 0 Å². The van der Waals surface area contributed by atoms with Crippen molar-refractivity contribution >= 4 is 5.91 Å². The van der Waals surface area contributed by atoms with Crippen molar-refractivity contribution in [2.45, 2.75) is 12.8 Å². The molecule has 7 heteroatoms. The number of methoxy groups -OCH3 is 1. The number of aromatic nitrogens is 4. The fraction of sp³-hybridized carbons (Fsp3) is 0.333. The quantitative estimate of drug-likeness (QED) is 0.770. The van der Waals surface area contributed by atoms with Gasteiger partial charge in [-0.2, -0.15) is 5.21 Å². The molecule has 2 rings (SSSR count). The van der Waals surface area contributed by atoms with Gasteiger partial charge in [0, 0.05) is 18.5 Å². The van der Waals surface area contributed by atoms with E-state index in [1.54, 1.807) is 7.11 Å². The molecule has 0 atom stereocenters. The van der Waals surface area contributed by atoms with Gasteiger partial charge in [-0.1, -0.05) is 23.4 Å². The maximum atomic E-state index is 11.8. The summed E-state index contributed by atoms with van der Waals surface area (Å²) < 4.78 is 5.20. The molecule has 0 spiro atoms. The van der Waals surface area contributed by atoms with Gasteiger partial charge in [0.2, 0.25) is 5.91 Å². The molecule has 0 radical (unpaired) electrons. The number of carbonyl (C=O) groups excluding carboxylic acids is 1. The first kappa shape index (κ1) is 13.0. The van der Waals surface area contributed by atoms with Crippen LogP contribution in [-0.4, -0.2) is 40.2 Å². The van der Waals surface area contributed by atoms with Crippen LogP contribution in [0.15, 0.2) is 24.3 Å². The van der Waals surface area contributed by atoms with Crippen LogP contribution in [0.25, 0.3) is 0 Å². The van der Waals surface area contributed by atoms with E-state index in [2.05, 4.69) is 25.9 Å².